The van der Waals surface area contributed by atoms with Gasteiger partial charge in [0.2, 0.25) is 5.88 Å². The fourth-order valence-electron chi connectivity index (χ4n) is 5.48. The molecule has 0 aliphatic carbocycles. The fourth-order valence-corrected chi connectivity index (χ4v) is 5.62. The molecule has 1 atom stereocenters. The number of benzene rings is 2. The minimum absolute atomic E-state index is 0.114. The van der Waals surface area contributed by atoms with Gasteiger partial charge in [0.1, 0.15) is 22.1 Å². The molecular weight excluding hydrogens is 596 g/mol. The molecule has 2 aromatic heterocycles. The number of phenols is 1. The number of pyridine rings is 1. The van der Waals surface area contributed by atoms with Gasteiger partial charge in [0.25, 0.3) is 0 Å². The Morgan fingerprint density at radius 2 is 1.82 bits per heavy atom. The Balaban J connectivity index is 1.49. The van der Waals surface area contributed by atoms with Crippen LogP contribution in [0.3, 0.4) is 0 Å². The third kappa shape index (κ3) is 6.76. The van der Waals surface area contributed by atoms with Crippen molar-refractivity contribution in [3.8, 4) is 17.0 Å². The Bertz CT molecular complexity index is 1840. The van der Waals surface area contributed by atoms with Crippen molar-refractivity contribution in [3.63, 3.8) is 0 Å². The molecule has 11 heteroatoms. The number of fused-ring (bicyclic) bond motifs is 1. The van der Waals surface area contributed by atoms with Crippen molar-refractivity contribution >= 4 is 46.5 Å². The number of anilines is 2. The number of carbonyl (C=O) groups is 2. The van der Waals surface area contributed by atoms with Crippen LogP contribution in [0.1, 0.15) is 60.8 Å². The monoisotopic (exact) mass is 632 g/mol. The molecule has 5 rings (SSSR count). The first kappa shape index (κ1) is 31.8. The summed E-state index contributed by atoms with van der Waals surface area (Å²) in [6, 6.07) is 11.6. The number of aldehydes is 1. The van der Waals surface area contributed by atoms with Crippen LogP contribution in [0.15, 0.2) is 51.7 Å². The van der Waals surface area contributed by atoms with Gasteiger partial charge in [0.05, 0.1) is 33.9 Å². The minimum atomic E-state index is -0.583. The maximum atomic E-state index is 13.7. The molecule has 3 heterocycles. The first-order valence-electron chi connectivity index (χ1n) is 14.8. The van der Waals surface area contributed by atoms with Crippen molar-refractivity contribution in [1.82, 2.24) is 9.88 Å². The topological polar surface area (TPSA) is 125 Å². The first-order valence-corrected chi connectivity index (χ1v) is 15.2. The molecule has 1 aliphatic heterocycles. The van der Waals surface area contributed by atoms with Crippen LogP contribution in [0.2, 0.25) is 5.15 Å². The second-order valence-corrected chi connectivity index (χ2v) is 12.7. The molecule has 1 saturated heterocycles. The molecule has 10 nitrogen and oxygen atoms in total. The Morgan fingerprint density at radius 1 is 1.11 bits per heavy atom. The number of halogens is 1. The number of nitrogens with one attached hydrogen (secondary N) is 1. The molecule has 1 unspecified atom stereocenters. The molecule has 2 aromatic carbocycles. The zero-order chi connectivity index (χ0) is 32.6. The maximum Gasteiger partial charge on any atom is 0.410 e. The molecule has 1 aliphatic rings. The average molecular weight is 633 g/mol. The van der Waals surface area contributed by atoms with E-state index in [1.165, 1.54) is 6.07 Å². The molecule has 45 heavy (non-hydrogen) atoms. The average Bonchev–Trinajstić information content (AvgIpc) is 2.99. The lowest BCUT2D eigenvalue weighted by molar-refractivity contribution is 0.0239. The predicted octanol–water partition coefficient (Wildman–Crippen LogP) is 6.87. The van der Waals surface area contributed by atoms with Gasteiger partial charge in [-0.2, -0.15) is 0 Å². The van der Waals surface area contributed by atoms with E-state index in [-0.39, 0.29) is 34.0 Å². The molecule has 0 radical (unpaired) electrons. The number of nitrogens with zero attached hydrogens (tertiary/aromatic N) is 3. The van der Waals surface area contributed by atoms with E-state index >= 15 is 0 Å². The van der Waals surface area contributed by atoms with Gasteiger partial charge < -0.3 is 29.4 Å². The molecule has 2 N–H and O–H groups in total. The maximum absolute atomic E-state index is 13.7. The number of carbonyl (C=O) groups excluding carboxylic acids is 2. The first-order chi connectivity index (χ1) is 21.3. The van der Waals surface area contributed by atoms with Gasteiger partial charge in [-0.05, 0) is 83.5 Å². The Hall–Kier alpha value is -4.57. The van der Waals surface area contributed by atoms with E-state index in [1.807, 2.05) is 51.7 Å². The van der Waals surface area contributed by atoms with Crippen LogP contribution in [0.4, 0.5) is 16.4 Å². The van der Waals surface area contributed by atoms with E-state index < -0.39 is 5.60 Å². The van der Waals surface area contributed by atoms with E-state index in [9.17, 15) is 19.5 Å². The lowest BCUT2D eigenvalue weighted by atomic mass is 9.99. The highest BCUT2D eigenvalue weighted by Crippen LogP contribution is 2.35. The highest BCUT2D eigenvalue weighted by molar-refractivity contribution is 6.29. The van der Waals surface area contributed by atoms with E-state index in [1.54, 1.807) is 36.1 Å². The number of ether oxygens (including phenoxy) is 1. The summed E-state index contributed by atoms with van der Waals surface area (Å²) >= 11 is 6.26. The van der Waals surface area contributed by atoms with Gasteiger partial charge in [-0.3, -0.25) is 9.59 Å². The van der Waals surface area contributed by atoms with Gasteiger partial charge in [0, 0.05) is 37.3 Å². The Labute approximate surface area is 266 Å². The number of amides is 1. The largest absolute Gasteiger partial charge is 0.507 e. The Morgan fingerprint density at radius 3 is 2.49 bits per heavy atom. The molecular formula is C34H37ClN4O6. The Kier molecular flexibility index (Phi) is 8.80. The van der Waals surface area contributed by atoms with Crippen molar-refractivity contribution in [2.45, 2.75) is 53.2 Å². The summed E-state index contributed by atoms with van der Waals surface area (Å²) in [5.74, 6) is 0.352. The highest BCUT2D eigenvalue weighted by Gasteiger charge is 2.29. The lowest BCUT2D eigenvalue weighted by Gasteiger charge is -2.36. The normalized spacial score (nSPS) is 14.4. The van der Waals surface area contributed by atoms with Crippen molar-refractivity contribution in [2.75, 3.05) is 36.4 Å². The van der Waals surface area contributed by atoms with Crippen molar-refractivity contribution in [2.24, 2.45) is 0 Å². The minimum Gasteiger partial charge on any atom is -0.507 e. The molecule has 0 spiro atoms. The molecule has 0 saturated carbocycles. The van der Waals surface area contributed by atoms with E-state index in [0.29, 0.717) is 71.8 Å². The number of aromatic hydroxyl groups is 1. The quantitative estimate of drug-likeness (QED) is 0.173. The summed E-state index contributed by atoms with van der Waals surface area (Å²) in [6.07, 6.45) is 0.221. The number of piperazine rings is 1. The summed E-state index contributed by atoms with van der Waals surface area (Å²) in [5.41, 5.74) is 3.82. The van der Waals surface area contributed by atoms with Gasteiger partial charge >= 0.3 is 6.09 Å². The predicted molar refractivity (Wildman–Crippen MR) is 176 cm³/mol. The van der Waals surface area contributed by atoms with E-state index in [4.69, 9.17) is 20.8 Å². The van der Waals surface area contributed by atoms with Crippen LogP contribution in [-0.4, -0.2) is 59.1 Å². The zero-order valence-corrected chi connectivity index (χ0v) is 27.0. The summed E-state index contributed by atoms with van der Waals surface area (Å²) in [4.78, 5) is 46.0. The number of hydrogen-bond donors (Lipinski definition) is 2. The second kappa shape index (κ2) is 12.4. The third-order valence-corrected chi connectivity index (χ3v) is 7.92. The summed E-state index contributed by atoms with van der Waals surface area (Å²) in [5, 5.41) is 14.2. The summed E-state index contributed by atoms with van der Waals surface area (Å²) in [6.45, 7) is 13.0. The van der Waals surface area contributed by atoms with Crippen LogP contribution in [0.5, 0.6) is 5.75 Å². The smallest absolute Gasteiger partial charge is 0.410 e. The van der Waals surface area contributed by atoms with Gasteiger partial charge in [-0.25, -0.2) is 9.78 Å². The molecule has 1 amide bonds. The van der Waals surface area contributed by atoms with Gasteiger partial charge in [-0.15, -0.1) is 0 Å². The van der Waals surface area contributed by atoms with Crippen LogP contribution in [-0.2, 0) is 4.74 Å². The summed E-state index contributed by atoms with van der Waals surface area (Å²) in [7, 11) is 0. The van der Waals surface area contributed by atoms with Crippen LogP contribution in [0.25, 0.3) is 22.2 Å². The standard InChI is InChI=1S/C34H37ClN4O6/c1-19-15-24(21(3)36-26-8-10-28(35)37-29(26)22-7-9-27(41)23(17-22)18-40)31-25(16-19)30(42)20(2)32(44-31)38-11-13-39(14-12-38)33(43)45-34(4,5)6/h7-10,15-18,21,36,41H,11-14H2,1-6H3. The number of hydrogen-bond acceptors (Lipinski definition) is 9. The highest BCUT2D eigenvalue weighted by atomic mass is 35.5. The molecule has 236 valence electrons. The second-order valence-electron chi connectivity index (χ2n) is 12.3. The summed E-state index contributed by atoms with van der Waals surface area (Å²) < 4.78 is 12.1. The fraction of sp³-hybridized carbons (Fsp3) is 0.353. The van der Waals surface area contributed by atoms with E-state index in [2.05, 4.69) is 10.3 Å². The molecule has 1 fully saturated rings. The molecule has 0 bridgehead atoms. The van der Waals surface area contributed by atoms with Crippen LogP contribution in [0, 0.1) is 13.8 Å². The van der Waals surface area contributed by atoms with Gasteiger partial charge in [0.15, 0.2) is 11.7 Å². The van der Waals surface area contributed by atoms with Crippen LogP contribution < -0.4 is 15.6 Å². The number of aromatic nitrogens is 1. The lowest BCUT2D eigenvalue weighted by Crippen LogP contribution is -2.50. The van der Waals surface area contributed by atoms with Crippen molar-refractivity contribution in [3.05, 3.63) is 80.1 Å². The van der Waals surface area contributed by atoms with Gasteiger partial charge in [-0.1, -0.05) is 17.7 Å². The third-order valence-electron chi connectivity index (χ3n) is 7.71. The number of phenolic OH excluding ortho intramolecular Hbond substituents is 1. The van der Waals surface area contributed by atoms with Crippen LogP contribution >= 0.6 is 11.6 Å². The zero-order valence-electron chi connectivity index (χ0n) is 26.2. The SMILES string of the molecule is Cc1cc(C(C)Nc2ccc(Cl)nc2-c2ccc(O)c(C=O)c2)c2oc(N3CCN(C(=O)OC(C)(C)C)CC3)c(C)c(=O)c2c1. The molecule has 4 aromatic rings. The van der Waals surface area contributed by atoms with Crippen molar-refractivity contribution in [1.29, 1.82) is 0 Å². The number of rotatable bonds is 6. The van der Waals surface area contributed by atoms with E-state index in [0.717, 1.165) is 11.1 Å². The van der Waals surface area contributed by atoms with Crippen molar-refractivity contribution < 1.29 is 23.8 Å². The number of aryl methyl sites for hydroxylation is 1.